The molecule has 2 fully saturated rings. The third-order valence-corrected chi connectivity index (χ3v) is 4.37. The van der Waals surface area contributed by atoms with Crippen LogP contribution < -0.4 is 5.32 Å². The van der Waals surface area contributed by atoms with Gasteiger partial charge in [0.25, 0.3) is 0 Å². The van der Waals surface area contributed by atoms with Gasteiger partial charge in [-0.1, -0.05) is 0 Å². The van der Waals surface area contributed by atoms with Gasteiger partial charge in [-0.05, 0) is 44.4 Å². The predicted octanol–water partition coefficient (Wildman–Crippen LogP) is 1.73. The zero-order valence-corrected chi connectivity index (χ0v) is 11.6. The van der Waals surface area contributed by atoms with E-state index in [1.165, 1.54) is 19.4 Å². The number of thioether (sulfide) groups is 1. The second kappa shape index (κ2) is 6.64. The number of nitrogens with zero attached hydrogens (tertiary/aromatic N) is 1. The van der Waals surface area contributed by atoms with Gasteiger partial charge in [0.05, 0.1) is 0 Å². The van der Waals surface area contributed by atoms with Crippen molar-refractivity contribution in [2.24, 2.45) is 5.92 Å². The largest absolute Gasteiger partial charge is 0.343 e. The lowest BCUT2D eigenvalue weighted by atomic mass is 10.0. The summed E-state index contributed by atoms with van der Waals surface area (Å²) in [5, 5.41) is 3.64. The smallest absolute Gasteiger partial charge is 0.223 e. The molecular formula is C13H24N2OS. The van der Waals surface area contributed by atoms with Crippen molar-refractivity contribution in [3.8, 4) is 0 Å². The molecule has 0 spiro atoms. The summed E-state index contributed by atoms with van der Waals surface area (Å²) in [5.41, 5.74) is 0. The summed E-state index contributed by atoms with van der Waals surface area (Å²) >= 11 is 1.75. The van der Waals surface area contributed by atoms with Crippen LogP contribution in [0.3, 0.4) is 0 Å². The fraction of sp³-hybridized carbons (Fsp3) is 0.923. The van der Waals surface area contributed by atoms with Gasteiger partial charge in [-0.15, -0.1) is 0 Å². The molecule has 3 nitrogen and oxygen atoms in total. The van der Waals surface area contributed by atoms with Crippen molar-refractivity contribution in [2.75, 3.05) is 31.6 Å². The molecule has 1 amide bonds. The molecule has 0 aromatic heterocycles. The Balaban J connectivity index is 1.60. The Morgan fingerprint density at radius 3 is 2.59 bits per heavy atom. The van der Waals surface area contributed by atoms with Gasteiger partial charge in [-0.3, -0.25) is 4.79 Å². The third kappa shape index (κ3) is 4.51. The monoisotopic (exact) mass is 256 g/mol. The molecule has 0 aromatic rings. The SMILES string of the molecule is CSCCC(=O)N1CCC(NCC2CC2)CC1. The van der Waals surface area contributed by atoms with Gasteiger partial charge < -0.3 is 10.2 Å². The topological polar surface area (TPSA) is 32.3 Å². The standard InChI is InChI=1S/C13H24N2OS/c1-17-9-6-13(16)15-7-4-12(5-8-15)14-10-11-2-3-11/h11-12,14H,2-10H2,1H3. The summed E-state index contributed by atoms with van der Waals surface area (Å²) in [6.45, 7) is 3.11. The Morgan fingerprint density at radius 1 is 1.29 bits per heavy atom. The number of carbonyl (C=O) groups is 1. The Labute approximate surface area is 109 Å². The van der Waals surface area contributed by atoms with Crippen LogP contribution in [0.2, 0.25) is 0 Å². The molecule has 2 aliphatic rings. The summed E-state index contributed by atoms with van der Waals surface area (Å²) < 4.78 is 0. The number of rotatable bonds is 6. The highest BCUT2D eigenvalue weighted by Gasteiger charge is 2.25. The van der Waals surface area contributed by atoms with Crippen molar-refractivity contribution >= 4 is 17.7 Å². The highest BCUT2D eigenvalue weighted by molar-refractivity contribution is 7.98. The quantitative estimate of drug-likeness (QED) is 0.785. The summed E-state index contributed by atoms with van der Waals surface area (Å²) in [4.78, 5) is 13.9. The average molecular weight is 256 g/mol. The van der Waals surface area contributed by atoms with Crippen molar-refractivity contribution in [3.63, 3.8) is 0 Å². The minimum Gasteiger partial charge on any atom is -0.343 e. The Hall–Kier alpha value is -0.220. The molecule has 2 rings (SSSR count). The van der Waals surface area contributed by atoms with E-state index >= 15 is 0 Å². The molecule has 1 N–H and O–H groups in total. The van der Waals surface area contributed by atoms with Gasteiger partial charge in [-0.25, -0.2) is 0 Å². The fourth-order valence-corrected chi connectivity index (χ4v) is 2.71. The van der Waals surface area contributed by atoms with Gasteiger partial charge in [0, 0.05) is 31.3 Å². The number of hydrogen-bond acceptors (Lipinski definition) is 3. The molecule has 0 aromatic carbocycles. The molecule has 1 saturated heterocycles. The van der Waals surface area contributed by atoms with E-state index in [-0.39, 0.29) is 0 Å². The van der Waals surface area contributed by atoms with Crippen LogP contribution in [0.15, 0.2) is 0 Å². The van der Waals surface area contributed by atoms with Gasteiger partial charge in [0.15, 0.2) is 0 Å². The van der Waals surface area contributed by atoms with Crippen LogP contribution in [-0.2, 0) is 4.79 Å². The summed E-state index contributed by atoms with van der Waals surface area (Å²) in [7, 11) is 0. The molecule has 17 heavy (non-hydrogen) atoms. The molecule has 4 heteroatoms. The van der Waals surface area contributed by atoms with Crippen molar-refractivity contribution < 1.29 is 4.79 Å². The highest BCUT2D eigenvalue weighted by Crippen LogP contribution is 2.28. The van der Waals surface area contributed by atoms with Crippen LogP contribution in [-0.4, -0.2) is 48.5 Å². The van der Waals surface area contributed by atoms with Crippen molar-refractivity contribution in [3.05, 3.63) is 0 Å². The van der Waals surface area contributed by atoms with E-state index in [1.54, 1.807) is 11.8 Å². The molecule has 0 atom stereocenters. The average Bonchev–Trinajstić information content (AvgIpc) is 3.18. The number of amides is 1. The summed E-state index contributed by atoms with van der Waals surface area (Å²) in [6.07, 6.45) is 7.87. The highest BCUT2D eigenvalue weighted by atomic mass is 32.2. The van der Waals surface area contributed by atoms with Crippen LogP contribution in [0, 0.1) is 5.92 Å². The normalized spacial score (nSPS) is 21.8. The van der Waals surface area contributed by atoms with Crippen molar-refractivity contribution in [1.82, 2.24) is 10.2 Å². The lowest BCUT2D eigenvalue weighted by molar-refractivity contribution is -0.131. The fourth-order valence-electron chi connectivity index (χ4n) is 2.34. The first-order chi connectivity index (χ1) is 8.29. The first-order valence-corrected chi connectivity index (χ1v) is 8.19. The Kier molecular flexibility index (Phi) is 5.16. The van der Waals surface area contributed by atoms with E-state index in [9.17, 15) is 4.79 Å². The van der Waals surface area contributed by atoms with Crippen molar-refractivity contribution in [1.29, 1.82) is 0 Å². The zero-order valence-electron chi connectivity index (χ0n) is 10.8. The number of hydrogen-bond donors (Lipinski definition) is 1. The maximum absolute atomic E-state index is 11.8. The molecular weight excluding hydrogens is 232 g/mol. The maximum Gasteiger partial charge on any atom is 0.223 e. The van der Waals surface area contributed by atoms with E-state index in [0.717, 1.165) is 37.6 Å². The second-order valence-corrected chi connectivity index (χ2v) is 6.24. The van der Waals surface area contributed by atoms with Crippen LogP contribution in [0.25, 0.3) is 0 Å². The van der Waals surface area contributed by atoms with E-state index < -0.39 is 0 Å². The predicted molar refractivity (Wildman–Crippen MR) is 73.3 cm³/mol. The number of nitrogens with one attached hydrogen (secondary N) is 1. The van der Waals surface area contributed by atoms with Gasteiger partial charge in [-0.2, -0.15) is 11.8 Å². The van der Waals surface area contributed by atoms with Crippen LogP contribution in [0.4, 0.5) is 0 Å². The van der Waals surface area contributed by atoms with Crippen LogP contribution >= 0.6 is 11.8 Å². The van der Waals surface area contributed by atoms with E-state index in [0.29, 0.717) is 18.4 Å². The molecule has 1 saturated carbocycles. The summed E-state index contributed by atoms with van der Waals surface area (Å²) in [5.74, 6) is 2.26. The molecule has 0 unspecified atom stereocenters. The first-order valence-electron chi connectivity index (χ1n) is 6.79. The Bertz CT molecular complexity index is 248. The van der Waals surface area contributed by atoms with E-state index in [2.05, 4.69) is 11.6 Å². The summed E-state index contributed by atoms with van der Waals surface area (Å²) in [6, 6.07) is 0.653. The molecule has 98 valence electrons. The first kappa shape index (κ1) is 13.2. The van der Waals surface area contributed by atoms with Crippen LogP contribution in [0.5, 0.6) is 0 Å². The van der Waals surface area contributed by atoms with Crippen molar-refractivity contribution in [2.45, 2.75) is 38.1 Å². The van der Waals surface area contributed by atoms with E-state index in [4.69, 9.17) is 0 Å². The lowest BCUT2D eigenvalue weighted by Crippen LogP contribution is -2.45. The van der Waals surface area contributed by atoms with E-state index in [1.807, 2.05) is 4.90 Å². The number of likely N-dealkylation sites (tertiary alicyclic amines) is 1. The van der Waals surface area contributed by atoms with Gasteiger partial charge >= 0.3 is 0 Å². The molecule has 0 bridgehead atoms. The van der Waals surface area contributed by atoms with Gasteiger partial charge in [0.1, 0.15) is 0 Å². The minimum absolute atomic E-state index is 0.347. The second-order valence-electron chi connectivity index (χ2n) is 5.25. The zero-order chi connectivity index (χ0) is 12.1. The third-order valence-electron chi connectivity index (χ3n) is 3.76. The number of piperidine rings is 1. The minimum atomic E-state index is 0.347. The lowest BCUT2D eigenvalue weighted by Gasteiger charge is -2.32. The number of carbonyl (C=O) groups excluding carboxylic acids is 1. The molecule has 1 aliphatic heterocycles. The maximum atomic E-state index is 11.8. The Morgan fingerprint density at radius 2 is 2.00 bits per heavy atom. The molecule has 0 radical (unpaired) electrons. The van der Waals surface area contributed by atoms with Crippen LogP contribution in [0.1, 0.15) is 32.1 Å². The molecule has 1 heterocycles. The molecule has 1 aliphatic carbocycles. The van der Waals surface area contributed by atoms with Gasteiger partial charge in [0.2, 0.25) is 5.91 Å².